The van der Waals surface area contributed by atoms with Crippen molar-refractivity contribution in [3.63, 3.8) is 0 Å². The van der Waals surface area contributed by atoms with E-state index in [1.807, 2.05) is 4.72 Å². The Hall–Kier alpha value is -2.49. The molecule has 0 fully saturated rings. The van der Waals surface area contributed by atoms with Gasteiger partial charge in [-0.1, -0.05) is 12.1 Å². The van der Waals surface area contributed by atoms with E-state index in [0.717, 1.165) is 12.1 Å². The molecule has 0 unspecified atom stereocenters. The molecule has 2 N–H and O–H groups in total. The van der Waals surface area contributed by atoms with Gasteiger partial charge in [0.25, 0.3) is 15.6 Å². The Labute approximate surface area is 122 Å². The van der Waals surface area contributed by atoms with E-state index in [4.69, 9.17) is 0 Å². The molecule has 0 amide bonds. The van der Waals surface area contributed by atoms with Crippen LogP contribution in [0, 0.1) is 6.07 Å². The van der Waals surface area contributed by atoms with Gasteiger partial charge in [-0.05, 0) is 18.2 Å². The maximum Gasteiger partial charge on any atom is 0.573 e. The molecule has 1 radical (unpaired) electrons. The number of aromatic amines is 1. The third-order valence-corrected chi connectivity index (χ3v) is 3.74. The number of aromatic nitrogens is 1. The highest BCUT2D eigenvalue weighted by Gasteiger charge is 2.34. The van der Waals surface area contributed by atoms with Crippen LogP contribution in [-0.4, -0.2) is 19.8 Å². The van der Waals surface area contributed by atoms with Crippen LogP contribution in [0.1, 0.15) is 0 Å². The summed E-state index contributed by atoms with van der Waals surface area (Å²) in [7, 11) is -4.47. The van der Waals surface area contributed by atoms with Crippen molar-refractivity contribution in [3.8, 4) is 5.75 Å². The lowest BCUT2D eigenvalue weighted by molar-refractivity contribution is -0.275. The Kier molecular flexibility index (Phi) is 4.13. The van der Waals surface area contributed by atoms with Crippen LogP contribution in [-0.2, 0) is 10.0 Å². The topological polar surface area (TPSA) is 88.3 Å². The summed E-state index contributed by atoms with van der Waals surface area (Å²) in [5.74, 6) is -0.908. The van der Waals surface area contributed by atoms with Crippen LogP contribution >= 0.6 is 0 Å². The summed E-state index contributed by atoms with van der Waals surface area (Å²) in [6.45, 7) is 0. The SMILES string of the molecule is O=c1[nH]cc[c]c1NS(=O)(=O)c1ccccc1OC(F)(F)F. The summed E-state index contributed by atoms with van der Waals surface area (Å²) in [5.41, 5.74) is -1.25. The quantitative estimate of drug-likeness (QED) is 0.894. The molecule has 6 nitrogen and oxygen atoms in total. The van der Waals surface area contributed by atoms with E-state index < -0.39 is 38.3 Å². The minimum atomic E-state index is -5.05. The minimum absolute atomic E-state index is 0.454. The first-order valence-corrected chi connectivity index (χ1v) is 7.14. The minimum Gasteiger partial charge on any atom is -0.404 e. The molecule has 117 valence electrons. The average Bonchev–Trinajstić information content (AvgIpc) is 2.40. The third kappa shape index (κ3) is 3.79. The summed E-state index contributed by atoms with van der Waals surface area (Å²) < 4.78 is 66.7. The molecule has 0 aliphatic heterocycles. The van der Waals surface area contributed by atoms with Gasteiger partial charge in [-0.2, -0.15) is 0 Å². The Morgan fingerprint density at radius 2 is 1.91 bits per heavy atom. The number of halogens is 3. The number of H-pyrrole nitrogens is 1. The fraction of sp³-hybridized carbons (Fsp3) is 0.0833. The van der Waals surface area contributed by atoms with E-state index >= 15 is 0 Å². The van der Waals surface area contributed by atoms with Gasteiger partial charge in [-0.15, -0.1) is 13.2 Å². The Bertz CT molecular complexity index is 831. The Morgan fingerprint density at radius 3 is 2.55 bits per heavy atom. The molecule has 0 spiro atoms. The van der Waals surface area contributed by atoms with Gasteiger partial charge in [0, 0.05) is 12.3 Å². The molecule has 0 bridgehead atoms. The van der Waals surface area contributed by atoms with E-state index in [1.54, 1.807) is 0 Å². The molecule has 1 aromatic carbocycles. The number of hydrogen-bond donors (Lipinski definition) is 2. The van der Waals surface area contributed by atoms with Crippen molar-refractivity contribution in [1.29, 1.82) is 0 Å². The van der Waals surface area contributed by atoms with Gasteiger partial charge in [0.05, 0.1) is 0 Å². The summed E-state index contributed by atoms with van der Waals surface area (Å²) in [5, 5.41) is 0. The molecule has 2 rings (SSSR count). The summed E-state index contributed by atoms with van der Waals surface area (Å²) in [4.78, 5) is 12.9. The van der Waals surface area contributed by atoms with Gasteiger partial charge in [0.15, 0.2) is 0 Å². The molecule has 2 aromatic rings. The monoisotopic (exact) mass is 333 g/mol. The van der Waals surface area contributed by atoms with Crippen LogP contribution in [0.4, 0.5) is 18.9 Å². The molecule has 0 aliphatic rings. The second-order valence-corrected chi connectivity index (χ2v) is 5.58. The van der Waals surface area contributed by atoms with Crippen molar-refractivity contribution in [2.75, 3.05) is 4.72 Å². The van der Waals surface area contributed by atoms with Crippen LogP contribution < -0.4 is 15.0 Å². The largest absolute Gasteiger partial charge is 0.573 e. The van der Waals surface area contributed by atoms with Crippen LogP contribution in [0.3, 0.4) is 0 Å². The normalized spacial score (nSPS) is 12.0. The smallest absolute Gasteiger partial charge is 0.404 e. The highest BCUT2D eigenvalue weighted by Crippen LogP contribution is 2.29. The zero-order valence-corrected chi connectivity index (χ0v) is 11.5. The zero-order valence-electron chi connectivity index (χ0n) is 10.6. The lowest BCUT2D eigenvalue weighted by Crippen LogP contribution is -2.23. The number of hydrogen-bond acceptors (Lipinski definition) is 4. The molecule has 1 heterocycles. The molecular formula is C12H8F3N2O4S. The highest BCUT2D eigenvalue weighted by molar-refractivity contribution is 7.92. The standard InChI is InChI=1S/C12H8F3N2O4S/c13-12(14,15)21-9-5-1-2-6-10(9)22(19,20)17-8-4-3-7-16-11(8)18/h1-3,5-7,17H,(H,16,18). The first-order chi connectivity index (χ1) is 10.2. The van der Waals surface area contributed by atoms with E-state index in [0.29, 0.717) is 0 Å². The van der Waals surface area contributed by atoms with Gasteiger partial charge >= 0.3 is 6.36 Å². The number of pyridine rings is 1. The van der Waals surface area contributed by atoms with Crippen molar-refractivity contribution >= 4 is 15.7 Å². The number of alkyl halides is 3. The number of nitrogens with one attached hydrogen (secondary N) is 2. The molecule has 0 aliphatic carbocycles. The lowest BCUT2D eigenvalue weighted by Gasteiger charge is -2.13. The second-order valence-electron chi connectivity index (χ2n) is 3.93. The van der Waals surface area contributed by atoms with Crippen LogP contribution in [0.2, 0.25) is 0 Å². The predicted octanol–water partition coefficient (Wildman–Crippen LogP) is 1.87. The maximum absolute atomic E-state index is 12.3. The summed E-state index contributed by atoms with van der Waals surface area (Å²) >= 11 is 0. The molecular weight excluding hydrogens is 325 g/mol. The number of sulfonamides is 1. The molecule has 0 saturated heterocycles. The van der Waals surface area contributed by atoms with Gasteiger partial charge in [-0.25, -0.2) is 8.42 Å². The first kappa shape index (κ1) is 15.9. The average molecular weight is 333 g/mol. The predicted molar refractivity (Wildman–Crippen MR) is 69.8 cm³/mol. The highest BCUT2D eigenvalue weighted by atomic mass is 32.2. The van der Waals surface area contributed by atoms with Gasteiger partial charge in [-0.3, -0.25) is 9.52 Å². The Balaban J connectivity index is 2.42. The van der Waals surface area contributed by atoms with Crippen molar-refractivity contribution in [2.45, 2.75) is 11.3 Å². The van der Waals surface area contributed by atoms with Crippen molar-refractivity contribution in [2.24, 2.45) is 0 Å². The van der Waals surface area contributed by atoms with Crippen molar-refractivity contribution < 1.29 is 26.3 Å². The van der Waals surface area contributed by atoms with E-state index in [9.17, 15) is 26.4 Å². The molecule has 1 aromatic heterocycles. The Morgan fingerprint density at radius 1 is 1.23 bits per heavy atom. The number of benzene rings is 1. The van der Waals surface area contributed by atoms with Crippen LogP contribution in [0.15, 0.2) is 46.2 Å². The molecule has 22 heavy (non-hydrogen) atoms. The van der Waals surface area contributed by atoms with Crippen LogP contribution in [0.25, 0.3) is 0 Å². The maximum atomic E-state index is 12.3. The lowest BCUT2D eigenvalue weighted by atomic mass is 10.3. The fourth-order valence-corrected chi connectivity index (χ4v) is 2.69. The molecule has 0 saturated carbocycles. The van der Waals surface area contributed by atoms with Crippen LogP contribution in [0.5, 0.6) is 5.75 Å². The number of ether oxygens (including phenoxy) is 1. The fourth-order valence-electron chi connectivity index (χ4n) is 1.53. The molecule has 10 heteroatoms. The number of para-hydroxylation sites is 1. The van der Waals surface area contributed by atoms with Crippen molar-refractivity contribution in [1.82, 2.24) is 4.98 Å². The second kappa shape index (κ2) is 5.72. The van der Waals surface area contributed by atoms with Gasteiger partial charge in [0.1, 0.15) is 16.3 Å². The van der Waals surface area contributed by atoms with Gasteiger partial charge in [0.2, 0.25) is 0 Å². The number of anilines is 1. The third-order valence-electron chi connectivity index (χ3n) is 2.35. The van der Waals surface area contributed by atoms with E-state index in [-0.39, 0.29) is 0 Å². The van der Waals surface area contributed by atoms with E-state index in [1.165, 1.54) is 24.4 Å². The summed E-state index contributed by atoms with van der Waals surface area (Å²) in [6.07, 6.45) is -3.83. The number of rotatable bonds is 4. The van der Waals surface area contributed by atoms with Crippen molar-refractivity contribution in [3.05, 3.63) is 52.9 Å². The molecule has 0 atom stereocenters. The zero-order chi connectivity index (χ0) is 16.4. The first-order valence-electron chi connectivity index (χ1n) is 5.66. The van der Waals surface area contributed by atoms with E-state index in [2.05, 4.69) is 15.8 Å². The summed E-state index contributed by atoms with van der Waals surface area (Å²) in [6, 6.07) is 7.73. The van der Waals surface area contributed by atoms with Gasteiger partial charge < -0.3 is 9.72 Å².